The van der Waals surface area contributed by atoms with E-state index in [0.29, 0.717) is 5.92 Å². The fourth-order valence-electron chi connectivity index (χ4n) is 2.13. The predicted octanol–water partition coefficient (Wildman–Crippen LogP) is 3.54. The van der Waals surface area contributed by atoms with Crippen LogP contribution in [0.25, 0.3) is 0 Å². The molecule has 18 heavy (non-hydrogen) atoms. The molecule has 0 amide bonds. The molecule has 0 radical (unpaired) electrons. The van der Waals surface area contributed by atoms with Crippen LogP contribution in [-0.2, 0) is 0 Å². The third kappa shape index (κ3) is 2.31. The number of hydrogen-bond donors (Lipinski definition) is 1. The number of anilines is 1. The third-order valence-corrected chi connectivity index (χ3v) is 4.30. The maximum atomic E-state index is 5.69. The summed E-state index contributed by atoms with van der Waals surface area (Å²) in [6, 6.07) is 16.3. The second-order valence-corrected chi connectivity index (χ2v) is 5.52. The van der Waals surface area contributed by atoms with Gasteiger partial charge in [0.15, 0.2) is 0 Å². The van der Waals surface area contributed by atoms with Crippen LogP contribution in [0.15, 0.2) is 53.4 Å². The number of benzene rings is 2. The summed E-state index contributed by atoms with van der Waals surface area (Å²) in [5.74, 6) is 2.57. The van der Waals surface area contributed by atoms with Gasteiger partial charge in [-0.05, 0) is 30.3 Å². The molecular weight excluding hydrogens is 242 g/mol. The van der Waals surface area contributed by atoms with Gasteiger partial charge in [0.1, 0.15) is 5.75 Å². The average Bonchev–Trinajstić information content (AvgIpc) is 2.82. The van der Waals surface area contributed by atoms with Crippen LogP contribution in [0, 0.1) is 0 Å². The van der Waals surface area contributed by atoms with E-state index in [-0.39, 0.29) is 0 Å². The monoisotopic (exact) mass is 257 g/mol. The maximum absolute atomic E-state index is 5.69. The van der Waals surface area contributed by atoms with Gasteiger partial charge in [-0.15, -0.1) is 11.8 Å². The van der Waals surface area contributed by atoms with Crippen molar-refractivity contribution in [2.24, 2.45) is 0 Å². The summed E-state index contributed by atoms with van der Waals surface area (Å²) in [7, 11) is 0. The lowest BCUT2D eigenvalue weighted by Crippen LogP contribution is -2.03. The molecule has 92 valence electrons. The summed E-state index contributed by atoms with van der Waals surface area (Å²) in [6.07, 6.45) is 0. The van der Waals surface area contributed by atoms with E-state index in [1.54, 1.807) is 0 Å². The molecule has 3 heteroatoms. The second kappa shape index (κ2) is 4.94. The molecule has 0 aromatic heterocycles. The molecule has 1 unspecified atom stereocenters. The molecule has 1 aliphatic rings. The topological polar surface area (TPSA) is 35.2 Å². The van der Waals surface area contributed by atoms with Crippen LogP contribution in [-0.4, -0.2) is 12.4 Å². The Hall–Kier alpha value is -1.61. The van der Waals surface area contributed by atoms with Gasteiger partial charge >= 0.3 is 0 Å². The van der Waals surface area contributed by atoms with Crippen LogP contribution in [0.1, 0.15) is 11.5 Å². The van der Waals surface area contributed by atoms with Crippen LogP contribution in [0.4, 0.5) is 5.69 Å². The van der Waals surface area contributed by atoms with Gasteiger partial charge in [0.25, 0.3) is 0 Å². The van der Waals surface area contributed by atoms with Crippen molar-refractivity contribution >= 4 is 17.4 Å². The minimum atomic E-state index is 0.490. The molecule has 0 saturated carbocycles. The van der Waals surface area contributed by atoms with Crippen molar-refractivity contribution in [1.82, 2.24) is 0 Å². The van der Waals surface area contributed by atoms with Crippen molar-refractivity contribution < 1.29 is 4.74 Å². The van der Waals surface area contributed by atoms with Crippen molar-refractivity contribution in [3.8, 4) is 5.75 Å². The molecule has 0 saturated heterocycles. The van der Waals surface area contributed by atoms with E-state index < -0.39 is 0 Å². The number of nitrogens with two attached hydrogens (primary N) is 1. The van der Waals surface area contributed by atoms with E-state index in [9.17, 15) is 0 Å². The summed E-state index contributed by atoms with van der Waals surface area (Å²) >= 11 is 1.85. The van der Waals surface area contributed by atoms with Crippen LogP contribution < -0.4 is 10.5 Å². The average molecular weight is 257 g/mol. The largest absolute Gasteiger partial charge is 0.493 e. The molecule has 1 atom stereocenters. The molecule has 0 fully saturated rings. The zero-order chi connectivity index (χ0) is 12.4. The lowest BCUT2D eigenvalue weighted by atomic mass is 10.0. The zero-order valence-corrected chi connectivity index (χ0v) is 10.8. The molecule has 0 aliphatic carbocycles. The smallest absolute Gasteiger partial charge is 0.122 e. The molecule has 1 aliphatic heterocycles. The Morgan fingerprint density at radius 3 is 2.72 bits per heavy atom. The second-order valence-electron chi connectivity index (χ2n) is 4.43. The van der Waals surface area contributed by atoms with Crippen LogP contribution in [0.5, 0.6) is 5.75 Å². The molecule has 2 nitrogen and oxygen atoms in total. The maximum Gasteiger partial charge on any atom is 0.122 e. The van der Waals surface area contributed by atoms with Crippen molar-refractivity contribution in [3.05, 3.63) is 54.1 Å². The van der Waals surface area contributed by atoms with Crippen LogP contribution in [0.3, 0.4) is 0 Å². The van der Waals surface area contributed by atoms with Crippen LogP contribution in [0.2, 0.25) is 0 Å². The predicted molar refractivity (Wildman–Crippen MR) is 76.3 cm³/mol. The number of fused-ring (bicyclic) bond motifs is 1. The Morgan fingerprint density at radius 1 is 1.11 bits per heavy atom. The van der Waals surface area contributed by atoms with Gasteiger partial charge in [-0.25, -0.2) is 0 Å². The van der Waals surface area contributed by atoms with Gasteiger partial charge in [0.2, 0.25) is 0 Å². The van der Waals surface area contributed by atoms with E-state index in [2.05, 4.69) is 24.3 Å². The molecule has 2 aromatic carbocycles. The minimum absolute atomic E-state index is 0.490. The Balaban J connectivity index is 1.67. The Morgan fingerprint density at radius 2 is 1.89 bits per heavy atom. The molecule has 0 bridgehead atoms. The SMILES string of the molecule is Nc1ccc(SCC2COc3ccccc32)cc1. The lowest BCUT2D eigenvalue weighted by Gasteiger charge is -2.08. The van der Waals surface area contributed by atoms with Gasteiger partial charge in [-0.2, -0.15) is 0 Å². The number of ether oxygens (including phenoxy) is 1. The fraction of sp³-hybridized carbons (Fsp3) is 0.200. The molecule has 3 rings (SSSR count). The summed E-state index contributed by atoms with van der Waals surface area (Å²) in [4.78, 5) is 1.26. The highest BCUT2D eigenvalue weighted by Gasteiger charge is 2.23. The van der Waals surface area contributed by atoms with Gasteiger partial charge in [0, 0.05) is 27.8 Å². The van der Waals surface area contributed by atoms with E-state index in [1.807, 2.05) is 36.0 Å². The van der Waals surface area contributed by atoms with Gasteiger partial charge in [-0.3, -0.25) is 0 Å². The Kier molecular flexibility index (Phi) is 3.15. The first kappa shape index (κ1) is 11.5. The number of para-hydroxylation sites is 1. The molecular formula is C15H15NOS. The minimum Gasteiger partial charge on any atom is -0.493 e. The molecule has 0 spiro atoms. The molecule has 2 aromatic rings. The van der Waals surface area contributed by atoms with Gasteiger partial charge in [-0.1, -0.05) is 18.2 Å². The van der Waals surface area contributed by atoms with Crippen molar-refractivity contribution in [3.63, 3.8) is 0 Å². The first-order valence-electron chi connectivity index (χ1n) is 6.03. The van der Waals surface area contributed by atoms with E-state index in [0.717, 1.165) is 23.8 Å². The summed E-state index contributed by atoms with van der Waals surface area (Å²) in [5.41, 5.74) is 7.83. The van der Waals surface area contributed by atoms with Crippen molar-refractivity contribution in [2.75, 3.05) is 18.1 Å². The van der Waals surface area contributed by atoms with E-state index >= 15 is 0 Å². The quantitative estimate of drug-likeness (QED) is 0.675. The van der Waals surface area contributed by atoms with Gasteiger partial charge < -0.3 is 10.5 Å². The van der Waals surface area contributed by atoms with E-state index in [4.69, 9.17) is 10.5 Å². The number of thioether (sulfide) groups is 1. The highest BCUT2D eigenvalue weighted by atomic mass is 32.2. The number of rotatable bonds is 3. The standard InChI is InChI=1S/C15H15NOS/c16-12-5-7-13(8-6-12)18-10-11-9-17-15-4-2-1-3-14(11)15/h1-8,11H,9-10,16H2. The number of nitrogen functional groups attached to an aromatic ring is 1. The van der Waals surface area contributed by atoms with E-state index in [1.165, 1.54) is 10.5 Å². The number of hydrogen-bond acceptors (Lipinski definition) is 3. The lowest BCUT2D eigenvalue weighted by molar-refractivity contribution is 0.339. The Bertz CT molecular complexity index is 538. The van der Waals surface area contributed by atoms with Crippen molar-refractivity contribution in [1.29, 1.82) is 0 Å². The molecule has 2 N–H and O–H groups in total. The summed E-state index contributed by atoms with van der Waals surface area (Å²) in [5, 5.41) is 0. The fourth-order valence-corrected chi connectivity index (χ4v) is 3.13. The highest BCUT2D eigenvalue weighted by Crippen LogP contribution is 2.36. The third-order valence-electron chi connectivity index (χ3n) is 3.13. The van der Waals surface area contributed by atoms with Gasteiger partial charge in [0.05, 0.1) is 6.61 Å². The normalized spacial score (nSPS) is 17.2. The zero-order valence-electron chi connectivity index (χ0n) is 10.0. The van der Waals surface area contributed by atoms with Crippen molar-refractivity contribution in [2.45, 2.75) is 10.8 Å². The summed E-state index contributed by atoms with van der Waals surface area (Å²) in [6.45, 7) is 0.793. The first-order valence-corrected chi connectivity index (χ1v) is 7.01. The first-order chi connectivity index (χ1) is 8.83. The Labute approximate surface area is 111 Å². The molecule has 1 heterocycles. The van der Waals surface area contributed by atoms with Crippen LogP contribution >= 0.6 is 11.8 Å². The summed E-state index contributed by atoms with van der Waals surface area (Å²) < 4.78 is 5.69. The highest BCUT2D eigenvalue weighted by molar-refractivity contribution is 7.99.